The number of benzene rings is 3. The lowest BCUT2D eigenvalue weighted by Gasteiger charge is -2.23. The molecule has 204 valence electrons. The van der Waals surface area contributed by atoms with Crippen molar-refractivity contribution in [3.8, 4) is 11.5 Å². The van der Waals surface area contributed by atoms with Crippen molar-refractivity contribution in [2.45, 2.75) is 43.2 Å². The number of para-hydroxylation sites is 1. The Kier molecular flexibility index (Phi) is 7.28. The summed E-state index contributed by atoms with van der Waals surface area (Å²) in [5.74, 6) is -0.578. The van der Waals surface area contributed by atoms with Gasteiger partial charge >= 0.3 is 5.97 Å². The van der Waals surface area contributed by atoms with E-state index in [2.05, 4.69) is 10.3 Å². The SMILES string of the molecule is CCC1CN(Cc2cccc(C(CC(=O)O)c3cc(OC)c4c(c3)nnn4C)c2)S(=O)(=O)c2ccccc2O1. The molecule has 1 aliphatic rings. The number of hydrogen-bond acceptors (Lipinski definition) is 7. The van der Waals surface area contributed by atoms with E-state index in [9.17, 15) is 18.3 Å². The quantitative estimate of drug-likeness (QED) is 0.350. The molecule has 0 saturated heterocycles. The van der Waals surface area contributed by atoms with Gasteiger partial charge in [-0.3, -0.25) is 4.79 Å². The molecule has 3 aromatic carbocycles. The minimum absolute atomic E-state index is 0.122. The van der Waals surface area contributed by atoms with Crippen LogP contribution in [0.5, 0.6) is 11.5 Å². The first-order valence-corrected chi connectivity index (χ1v) is 14.1. The van der Waals surface area contributed by atoms with Gasteiger partial charge in [-0.1, -0.05) is 48.5 Å². The Morgan fingerprint density at radius 1 is 1.15 bits per heavy atom. The van der Waals surface area contributed by atoms with Crippen molar-refractivity contribution in [1.82, 2.24) is 19.3 Å². The van der Waals surface area contributed by atoms with Gasteiger partial charge in [0.25, 0.3) is 0 Å². The number of aromatic nitrogens is 3. The zero-order valence-corrected chi connectivity index (χ0v) is 22.8. The molecule has 2 atom stereocenters. The Bertz CT molecular complexity index is 1630. The smallest absolute Gasteiger partial charge is 0.304 e. The molecule has 39 heavy (non-hydrogen) atoms. The zero-order valence-electron chi connectivity index (χ0n) is 21.9. The van der Waals surface area contributed by atoms with Gasteiger partial charge in [-0.05, 0) is 47.4 Å². The van der Waals surface area contributed by atoms with Crippen LogP contribution in [-0.4, -0.2) is 58.6 Å². The summed E-state index contributed by atoms with van der Waals surface area (Å²) in [6.45, 7) is 2.29. The molecule has 0 aliphatic carbocycles. The van der Waals surface area contributed by atoms with Crippen LogP contribution >= 0.6 is 0 Å². The van der Waals surface area contributed by atoms with Crippen LogP contribution < -0.4 is 9.47 Å². The molecule has 10 nitrogen and oxygen atoms in total. The van der Waals surface area contributed by atoms with Crippen molar-refractivity contribution in [3.63, 3.8) is 0 Å². The highest BCUT2D eigenvalue weighted by atomic mass is 32.2. The number of aliphatic carboxylic acids is 1. The fraction of sp³-hybridized carbons (Fsp3) is 0.321. The first-order chi connectivity index (χ1) is 18.7. The lowest BCUT2D eigenvalue weighted by Crippen LogP contribution is -2.36. The Morgan fingerprint density at radius 2 is 1.95 bits per heavy atom. The van der Waals surface area contributed by atoms with Crippen LogP contribution in [0.25, 0.3) is 11.0 Å². The standard InChI is InChI=1S/C28H30N4O6S/c1-4-21-17-32(39(35,36)26-11-6-5-10-24(26)38-21)16-18-8-7-9-19(12-18)22(15-27(33)34)20-13-23-28(25(14-20)37-3)31(2)30-29-23/h5-14,21-22H,4,15-17H2,1-3H3,(H,33,34). The van der Waals surface area contributed by atoms with E-state index in [1.54, 1.807) is 43.1 Å². The lowest BCUT2D eigenvalue weighted by molar-refractivity contribution is -0.137. The van der Waals surface area contributed by atoms with Crippen LogP contribution in [-0.2, 0) is 28.4 Å². The predicted octanol–water partition coefficient (Wildman–Crippen LogP) is 3.95. The summed E-state index contributed by atoms with van der Waals surface area (Å²) in [4.78, 5) is 12.1. The topological polar surface area (TPSA) is 124 Å². The number of carbonyl (C=O) groups is 1. The number of methoxy groups -OCH3 is 1. The summed E-state index contributed by atoms with van der Waals surface area (Å²) < 4.78 is 41.9. The van der Waals surface area contributed by atoms with Crippen molar-refractivity contribution in [2.75, 3.05) is 13.7 Å². The van der Waals surface area contributed by atoms with Gasteiger partial charge in [0.05, 0.1) is 20.1 Å². The number of ether oxygens (including phenoxy) is 2. The van der Waals surface area contributed by atoms with Gasteiger partial charge in [0.1, 0.15) is 33.5 Å². The summed E-state index contributed by atoms with van der Waals surface area (Å²) in [7, 11) is -0.506. The highest BCUT2D eigenvalue weighted by molar-refractivity contribution is 7.89. The first-order valence-electron chi connectivity index (χ1n) is 12.6. The average Bonchev–Trinajstić information content (AvgIpc) is 3.26. The van der Waals surface area contributed by atoms with Crippen molar-refractivity contribution < 1.29 is 27.8 Å². The monoisotopic (exact) mass is 550 g/mol. The number of fused-ring (bicyclic) bond motifs is 2. The molecule has 2 unspecified atom stereocenters. The van der Waals surface area contributed by atoms with Crippen molar-refractivity contribution in [2.24, 2.45) is 7.05 Å². The number of sulfonamides is 1. The Hall–Kier alpha value is -3.96. The van der Waals surface area contributed by atoms with E-state index >= 15 is 0 Å². The molecule has 0 spiro atoms. The van der Waals surface area contributed by atoms with E-state index in [-0.39, 0.29) is 30.5 Å². The molecular weight excluding hydrogens is 520 g/mol. The molecule has 0 bridgehead atoms. The summed E-state index contributed by atoms with van der Waals surface area (Å²) in [6, 6.07) is 17.7. The third kappa shape index (κ3) is 5.19. The second kappa shape index (κ2) is 10.7. The normalized spacial score (nSPS) is 17.7. The molecule has 4 aromatic rings. The fourth-order valence-electron chi connectivity index (χ4n) is 5.05. The Labute approximate surface area is 226 Å². The lowest BCUT2D eigenvalue weighted by atomic mass is 9.87. The molecule has 0 fully saturated rings. The first kappa shape index (κ1) is 26.6. The maximum absolute atomic E-state index is 13.6. The molecule has 1 aliphatic heterocycles. The minimum atomic E-state index is -3.82. The molecule has 0 radical (unpaired) electrons. The molecule has 5 rings (SSSR count). The third-order valence-corrected chi connectivity index (χ3v) is 8.88. The fourth-order valence-corrected chi connectivity index (χ4v) is 6.63. The largest absolute Gasteiger partial charge is 0.494 e. The van der Waals surface area contributed by atoms with Crippen LogP contribution in [0.4, 0.5) is 0 Å². The molecule has 0 amide bonds. The molecule has 1 N–H and O–H groups in total. The Morgan fingerprint density at radius 3 is 2.69 bits per heavy atom. The molecule has 2 heterocycles. The van der Waals surface area contributed by atoms with Gasteiger partial charge in [0.15, 0.2) is 0 Å². The highest BCUT2D eigenvalue weighted by Crippen LogP contribution is 2.36. The van der Waals surface area contributed by atoms with Crippen molar-refractivity contribution in [1.29, 1.82) is 0 Å². The van der Waals surface area contributed by atoms with Crippen LogP contribution in [0, 0.1) is 0 Å². The number of nitrogens with zero attached hydrogens (tertiary/aromatic N) is 4. The van der Waals surface area contributed by atoms with Gasteiger partial charge in [-0.15, -0.1) is 5.10 Å². The maximum Gasteiger partial charge on any atom is 0.304 e. The summed E-state index contributed by atoms with van der Waals surface area (Å²) in [5, 5.41) is 18.0. The number of hydrogen-bond donors (Lipinski definition) is 1. The second-order valence-corrected chi connectivity index (χ2v) is 11.5. The van der Waals surface area contributed by atoms with E-state index in [1.165, 1.54) is 4.31 Å². The van der Waals surface area contributed by atoms with Crippen LogP contribution in [0.3, 0.4) is 0 Å². The highest BCUT2D eigenvalue weighted by Gasteiger charge is 2.34. The van der Waals surface area contributed by atoms with Gasteiger partial charge in [-0.2, -0.15) is 4.31 Å². The van der Waals surface area contributed by atoms with Gasteiger partial charge in [0.2, 0.25) is 10.0 Å². The second-order valence-electron chi connectivity index (χ2n) is 9.59. The molecule has 11 heteroatoms. The van der Waals surface area contributed by atoms with Crippen LogP contribution in [0.1, 0.15) is 42.4 Å². The van der Waals surface area contributed by atoms with E-state index in [4.69, 9.17) is 9.47 Å². The van der Waals surface area contributed by atoms with E-state index in [0.29, 0.717) is 29.0 Å². The molecule has 1 aromatic heterocycles. The van der Waals surface area contributed by atoms with Gasteiger partial charge in [0, 0.05) is 19.5 Å². The summed E-state index contributed by atoms with van der Waals surface area (Å²) >= 11 is 0. The average molecular weight is 551 g/mol. The third-order valence-electron chi connectivity index (χ3n) is 7.02. The van der Waals surface area contributed by atoms with E-state index in [0.717, 1.165) is 16.7 Å². The van der Waals surface area contributed by atoms with Crippen molar-refractivity contribution >= 4 is 27.0 Å². The van der Waals surface area contributed by atoms with Crippen LogP contribution in [0.2, 0.25) is 0 Å². The molecular formula is C28H30N4O6S. The van der Waals surface area contributed by atoms with E-state index < -0.39 is 21.9 Å². The van der Waals surface area contributed by atoms with Gasteiger partial charge < -0.3 is 14.6 Å². The number of aryl methyl sites for hydroxylation is 1. The van der Waals surface area contributed by atoms with Gasteiger partial charge in [-0.25, -0.2) is 13.1 Å². The predicted molar refractivity (Wildman–Crippen MR) is 144 cm³/mol. The number of rotatable bonds is 8. The van der Waals surface area contributed by atoms with Crippen molar-refractivity contribution in [3.05, 3.63) is 77.4 Å². The van der Waals surface area contributed by atoms with Crippen LogP contribution in [0.15, 0.2) is 65.6 Å². The molecule has 0 saturated carbocycles. The Balaban J connectivity index is 1.53. The minimum Gasteiger partial charge on any atom is -0.494 e. The number of carboxylic acids is 1. The number of carboxylic acid groups (broad SMARTS) is 1. The summed E-state index contributed by atoms with van der Waals surface area (Å²) in [5.41, 5.74) is 3.52. The zero-order chi connectivity index (χ0) is 27.7. The van der Waals surface area contributed by atoms with E-state index in [1.807, 2.05) is 43.3 Å². The summed E-state index contributed by atoms with van der Waals surface area (Å²) in [6.07, 6.45) is 0.186. The maximum atomic E-state index is 13.6.